The lowest BCUT2D eigenvalue weighted by Crippen LogP contribution is -2.18. The monoisotopic (exact) mass is 224 g/mol. The van der Waals surface area contributed by atoms with Gasteiger partial charge in [0.25, 0.3) is 0 Å². The molecule has 4 nitrogen and oxygen atoms in total. The van der Waals surface area contributed by atoms with Crippen molar-refractivity contribution in [2.24, 2.45) is 0 Å². The van der Waals surface area contributed by atoms with Gasteiger partial charge >= 0.3 is 0 Å². The highest BCUT2D eigenvalue weighted by Crippen LogP contribution is 2.20. The second kappa shape index (κ2) is 5.72. The Balaban J connectivity index is 1.85. The van der Waals surface area contributed by atoms with E-state index in [0.29, 0.717) is 26.4 Å². The van der Waals surface area contributed by atoms with Crippen molar-refractivity contribution in [3.63, 3.8) is 0 Å². The van der Waals surface area contributed by atoms with Crippen molar-refractivity contribution < 1.29 is 18.9 Å². The van der Waals surface area contributed by atoms with Crippen molar-refractivity contribution >= 4 is 0 Å². The molecule has 1 fully saturated rings. The van der Waals surface area contributed by atoms with Crippen LogP contribution in [0.5, 0.6) is 11.5 Å². The minimum Gasteiger partial charge on any atom is -0.494 e. The zero-order chi connectivity index (χ0) is 11.2. The molecule has 88 valence electrons. The van der Waals surface area contributed by atoms with E-state index in [1.807, 2.05) is 31.2 Å². The molecule has 0 unspecified atom stereocenters. The van der Waals surface area contributed by atoms with Gasteiger partial charge in [0.2, 0.25) is 0 Å². The van der Waals surface area contributed by atoms with Crippen molar-refractivity contribution in [3.05, 3.63) is 24.3 Å². The topological polar surface area (TPSA) is 36.9 Å². The third-order valence-electron chi connectivity index (χ3n) is 2.19. The van der Waals surface area contributed by atoms with Gasteiger partial charge in [-0.3, -0.25) is 0 Å². The maximum Gasteiger partial charge on any atom is 0.191 e. The van der Waals surface area contributed by atoms with Crippen molar-refractivity contribution in [2.45, 2.75) is 13.2 Å². The molecule has 1 saturated heterocycles. The van der Waals surface area contributed by atoms with E-state index in [1.165, 1.54) is 0 Å². The number of rotatable bonds is 5. The van der Waals surface area contributed by atoms with E-state index >= 15 is 0 Å². The van der Waals surface area contributed by atoms with Crippen LogP contribution in [0.25, 0.3) is 0 Å². The van der Waals surface area contributed by atoms with Crippen LogP contribution in [0.15, 0.2) is 24.3 Å². The third-order valence-corrected chi connectivity index (χ3v) is 2.19. The van der Waals surface area contributed by atoms with Crippen molar-refractivity contribution in [1.82, 2.24) is 0 Å². The van der Waals surface area contributed by atoms with Crippen LogP contribution in [0.1, 0.15) is 6.92 Å². The average molecular weight is 224 g/mol. The van der Waals surface area contributed by atoms with Crippen LogP contribution in [-0.4, -0.2) is 32.7 Å². The van der Waals surface area contributed by atoms with Gasteiger partial charge in [-0.2, -0.15) is 0 Å². The highest BCUT2D eigenvalue weighted by Gasteiger charge is 2.16. The molecule has 0 atom stereocenters. The highest BCUT2D eigenvalue weighted by molar-refractivity contribution is 5.32. The second-order valence-electron chi connectivity index (χ2n) is 3.39. The van der Waals surface area contributed by atoms with Crippen molar-refractivity contribution in [1.29, 1.82) is 0 Å². The first-order valence-electron chi connectivity index (χ1n) is 5.47. The fourth-order valence-corrected chi connectivity index (χ4v) is 1.49. The number of benzene rings is 1. The maximum atomic E-state index is 5.55. The first-order valence-corrected chi connectivity index (χ1v) is 5.47. The predicted octanol–water partition coefficient (Wildman–Crippen LogP) is 1.84. The highest BCUT2D eigenvalue weighted by atomic mass is 16.7. The number of hydrogen-bond acceptors (Lipinski definition) is 4. The SMILES string of the molecule is CCOc1cccc(OCC2OCCO2)c1. The van der Waals surface area contributed by atoms with E-state index in [4.69, 9.17) is 18.9 Å². The third kappa shape index (κ3) is 3.12. The molecule has 4 heteroatoms. The van der Waals surface area contributed by atoms with E-state index in [9.17, 15) is 0 Å². The molecule has 0 aromatic heterocycles. The fraction of sp³-hybridized carbons (Fsp3) is 0.500. The van der Waals surface area contributed by atoms with Crippen LogP contribution in [0.3, 0.4) is 0 Å². The Morgan fingerprint density at radius 2 is 1.88 bits per heavy atom. The Morgan fingerprint density at radius 1 is 1.19 bits per heavy atom. The average Bonchev–Trinajstić information content (AvgIpc) is 2.80. The smallest absolute Gasteiger partial charge is 0.191 e. The molecule has 16 heavy (non-hydrogen) atoms. The van der Waals surface area contributed by atoms with Crippen LogP contribution in [0.4, 0.5) is 0 Å². The summed E-state index contributed by atoms with van der Waals surface area (Å²) >= 11 is 0. The van der Waals surface area contributed by atoms with Gasteiger partial charge in [0.05, 0.1) is 19.8 Å². The first-order chi connectivity index (χ1) is 7.88. The van der Waals surface area contributed by atoms with E-state index in [2.05, 4.69) is 0 Å². The molecule has 0 spiro atoms. The summed E-state index contributed by atoms with van der Waals surface area (Å²) in [6.45, 7) is 4.31. The van der Waals surface area contributed by atoms with Crippen molar-refractivity contribution in [2.75, 3.05) is 26.4 Å². The Labute approximate surface area is 95.1 Å². The van der Waals surface area contributed by atoms with Crippen LogP contribution in [-0.2, 0) is 9.47 Å². The van der Waals surface area contributed by atoms with Gasteiger partial charge in [0, 0.05) is 6.07 Å². The predicted molar refractivity (Wildman–Crippen MR) is 58.8 cm³/mol. The van der Waals surface area contributed by atoms with E-state index < -0.39 is 0 Å². The minimum absolute atomic E-state index is 0.240. The first kappa shape index (κ1) is 11.2. The number of ether oxygens (including phenoxy) is 4. The summed E-state index contributed by atoms with van der Waals surface area (Å²) in [7, 11) is 0. The van der Waals surface area contributed by atoms with Gasteiger partial charge < -0.3 is 18.9 Å². The van der Waals surface area contributed by atoms with Crippen LogP contribution >= 0.6 is 0 Å². The van der Waals surface area contributed by atoms with E-state index in [0.717, 1.165) is 11.5 Å². The molecular formula is C12H16O4. The quantitative estimate of drug-likeness (QED) is 0.764. The summed E-state index contributed by atoms with van der Waals surface area (Å²) in [5, 5.41) is 0. The summed E-state index contributed by atoms with van der Waals surface area (Å²) in [5.74, 6) is 1.58. The van der Waals surface area contributed by atoms with Crippen molar-refractivity contribution in [3.8, 4) is 11.5 Å². The van der Waals surface area contributed by atoms with Crippen LogP contribution < -0.4 is 9.47 Å². The Kier molecular flexibility index (Phi) is 4.02. The normalized spacial score (nSPS) is 16.3. The molecule has 0 amide bonds. The van der Waals surface area contributed by atoms with Gasteiger partial charge in [-0.05, 0) is 19.1 Å². The van der Waals surface area contributed by atoms with Crippen LogP contribution in [0, 0.1) is 0 Å². The molecule has 1 aromatic rings. The zero-order valence-electron chi connectivity index (χ0n) is 9.35. The van der Waals surface area contributed by atoms with Gasteiger partial charge in [0.1, 0.15) is 18.1 Å². The molecule has 1 aliphatic heterocycles. The largest absolute Gasteiger partial charge is 0.494 e. The lowest BCUT2D eigenvalue weighted by Gasteiger charge is -2.11. The van der Waals surface area contributed by atoms with Gasteiger partial charge in [-0.25, -0.2) is 0 Å². The molecule has 0 N–H and O–H groups in total. The molecule has 1 heterocycles. The molecule has 2 rings (SSSR count). The molecule has 0 radical (unpaired) electrons. The minimum atomic E-state index is -0.240. The van der Waals surface area contributed by atoms with E-state index in [1.54, 1.807) is 0 Å². The zero-order valence-corrected chi connectivity index (χ0v) is 9.35. The summed E-state index contributed by atoms with van der Waals surface area (Å²) in [6.07, 6.45) is -0.240. The molecule has 0 saturated carbocycles. The summed E-state index contributed by atoms with van der Waals surface area (Å²) in [4.78, 5) is 0. The molecule has 0 bridgehead atoms. The number of hydrogen-bond donors (Lipinski definition) is 0. The van der Waals surface area contributed by atoms with Crippen LogP contribution in [0.2, 0.25) is 0 Å². The Morgan fingerprint density at radius 3 is 2.56 bits per heavy atom. The maximum absolute atomic E-state index is 5.55. The molecule has 1 aromatic carbocycles. The molecule has 0 aliphatic carbocycles. The summed E-state index contributed by atoms with van der Waals surface area (Å²) < 4.78 is 21.5. The van der Waals surface area contributed by atoms with Gasteiger partial charge in [-0.15, -0.1) is 0 Å². The standard InChI is InChI=1S/C12H16O4/c1-2-13-10-4-3-5-11(8-10)16-9-12-14-6-7-15-12/h3-5,8,12H,2,6-7,9H2,1H3. The summed E-state index contributed by atoms with van der Waals surface area (Å²) in [6, 6.07) is 7.55. The van der Waals surface area contributed by atoms with Gasteiger partial charge in [0.15, 0.2) is 6.29 Å². The Hall–Kier alpha value is -1.26. The summed E-state index contributed by atoms with van der Waals surface area (Å²) in [5.41, 5.74) is 0. The lowest BCUT2D eigenvalue weighted by molar-refractivity contribution is -0.0684. The van der Waals surface area contributed by atoms with E-state index in [-0.39, 0.29) is 6.29 Å². The molecule has 1 aliphatic rings. The fourth-order valence-electron chi connectivity index (χ4n) is 1.49. The Bertz CT molecular complexity index is 321. The van der Waals surface area contributed by atoms with Gasteiger partial charge in [-0.1, -0.05) is 6.07 Å². The second-order valence-corrected chi connectivity index (χ2v) is 3.39. The lowest BCUT2D eigenvalue weighted by atomic mass is 10.3. The molecular weight excluding hydrogens is 208 g/mol.